The molecule has 0 aliphatic carbocycles. The molecule has 2 heterocycles. The van der Waals surface area contributed by atoms with Gasteiger partial charge in [0, 0.05) is 12.6 Å². The van der Waals surface area contributed by atoms with E-state index in [1.807, 2.05) is 6.92 Å². The summed E-state index contributed by atoms with van der Waals surface area (Å²) in [6.07, 6.45) is -0.760. The lowest BCUT2D eigenvalue weighted by Gasteiger charge is -2.35. The highest BCUT2D eigenvalue weighted by molar-refractivity contribution is 7.99. The molecular formula is C12H18F3N5OS. The molecule has 0 spiro atoms. The van der Waals surface area contributed by atoms with Gasteiger partial charge in [0.05, 0.1) is 5.75 Å². The zero-order valence-electron chi connectivity index (χ0n) is 12.1. The molecule has 22 heavy (non-hydrogen) atoms. The van der Waals surface area contributed by atoms with E-state index in [1.54, 1.807) is 4.90 Å². The summed E-state index contributed by atoms with van der Waals surface area (Å²) < 4.78 is 38.1. The second-order valence-corrected chi connectivity index (χ2v) is 6.05. The van der Waals surface area contributed by atoms with Crippen LogP contribution in [0.1, 0.15) is 38.4 Å². The van der Waals surface area contributed by atoms with Gasteiger partial charge in [-0.1, -0.05) is 18.7 Å². The van der Waals surface area contributed by atoms with Crippen molar-refractivity contribution in [3.63, 3.8) is 0 Å². The van der Waals surface area contributed by atoms with Gasteiger partial charge < -0.3 is 10.7 Å². The summed E-state index contributed by atoms with van der Waals surface area (Å²) in [5, 5.41) is 6.30. The first-order valence-corrected chi connectivity index (χ1v) is 8.03. The Morgan fingerprint density at radius 2 is 2.14 bits per heavy atom. The summed E-state index contributed by atoms with van der Waals surface area (Å²) in [6.45, 7) is 2.72. The highest BCUT2D eigenvalue weighted by Gasteiger charge is 2.38. The predicted octanol–water partition coefficient (Wildman–Crippen LogP) is 1.89. The second kappa shape index (κ2) is 6.76. The molecule has 10 heteroatoms. The fourth-order valence-electron chi connectivity index (χ4n) is 2.53. The molecule has 1 amide bonds. The summed E-state index contributed by atoms with van der Waals surface area (Å²) >= 11 is 0.871. The number of piperidine rings is 1. The van der Waals surface area contributed by atoms with Crippen molar-refractivity contribution in [2.24, 2.45) is 0 Å². The van der Waals surface area contributed by atoms with Crippen LogP contribution >= 0.6 is 11.8 Å². The number of hydrogen-bond donors (Lipinski definition) is 1. The third-order valence-electron chi connectivity index (χ3n) is 3.66. The maximum Gasteiger partial charge on any atom is 0.453 e. The van der Waals surface area contributed by atoms with Crippen LogP contribution in [0, 0.1) is 0 Å². The quantitative estimate of drug-likeness (QED) is 0.671. The van der Waals surface area contributed by atoms with Crippen molar-refractivity contribution in [3.8, 4) is 0 Å². The molecule has 2 rings (SSSR count). The molecular weight excluding hydrogens is 319 g/mol. The Balaban J connectivity index is 1.98. The fraction of sp³-hybridized carbons (Fsp3) is 0.750. The summed E-state index contributed by atoms with van der Waals surface area (Å²) in [5.41, 5.74) is 0. The first-order valence-electron chi connectivity index (χ1n) is 7.04. The van der Waals surface area contributed by atoms with Gasteiger partial charge in [0.1, 0.15) is 0 Å². The number of carbonyl (C=O) groups excluding carboxylic acids is 1. The molecule has 2 N–H and O–H groups in total. The fourth-order valence-corrected chi connectivity index (χ4v) is 3.27. The molecule has 1 aliphatic rings. The van der Waals surface area contributed by atoms with E-state index < -0.39 is 12.0 Å². The van der Waals surface area contributed by atoms with E-state index in [9.17, 15) is 18.0 Å². The minimum absolute atomic E-state index is 0.00366. The molecule has 1 atom stereocenters. The van der Waals surface area contributed by atoms with Crippen LogP contribution in [0.3, 0.4) is 0 Å². The first-order chi connectivity index (χ1) is 10.3. The molecule has 1 aromatic rings. The molecule has 1 fully saturated rings. The maximum atomic E-state index is 12.6. The van der Waals surface area contributed by atoms with Crippen molar-refractivity contribution < 1.29 is 18.0 Å². The molecule has 0 radical (unpaired) electrons. The lowest BCUT2D eigenvalue weighted by molar-refractivity contribution is -0.146. The van der Waals surface area contributed by atoms with Crippen LogP contribution in [0.4, 0.5) is 13.2 Å². The molecule has 0 unspecified atom stereocenters. The van der Waals surface area contributed by atoms with Crippen LogP contribution in [-0.2, 0) is 11.0 Å². The Morgan fingerprint density at radius 1 is 1.41 bits per heavy atom. The van der Waals surface area contributed by atoms with Gasteiger partial charge in [0.25, 0.3) is 5.82 Å². The van der Waals surface area contributed by atoms with Gasteiger partial charge in [-0.2, -0.15) is 13.2 Å². The number of halogens is 3. The van der Waals surface area contributed by atoms with E-state index in [0.29, 0.717) is 11.2 Å². The molecule has 1 saturated heterocycles. The average Bonchev–Trinajstić information content (AvgIpc) is 2.85. The minimum atomic E-state index is -4.66. The Kier molecular flexibility index (Phi) is 5.20. The van der Waals surface area contributed by atoms with Crippen LogP contribution in [0.15, 0.2) is 5.16 Å². The van der Waals surface area contributed by atoms with Gasteiger partial charge in [0.2, 0.25) is 11.1 Å². The van der Waals surface area contributed by atoms with Crippen LogP contribution < -0.4 is 5.84 Å². The summed E-state index contributed by atoms with van der Waals surface area (Å²) in [5.74, 6) is 3.96. The molecule has 0 saturated carbocycles. The number of carbonyl (C=O) groups is 1. The van der Waals surface area contributed by atoms with Crippen molar-refractivity contribution in [3.05, 3.63) is 5.82 Å². The van der Waals surface area contributed by atoms with E-state index in [-0.39, 0.29) is 22.9 Å². The van der Waals surface area contributed by atoms with Crippen LogP contribution in [0.25, 0.3) is 0 Å². The molecule has 0 aromatic carbocycles. The smallest absolute Gasteiger partial charge is 0.339 e. The SMILES string of the molecule is CC[C@H]1CCCCN1C(=O)CSc1nnc(C(F)(F)F)n1N. The number of aromatic nitrogens is 3. The Hall–Kier alpha value is -1.45. The van der Waals surface area contributed by atoms with Crippen molar-refractivity contribution in [2.75, 3.05) is 18.1 Å². The van der Waals surface area contributed by atoms with Crippen molar-refractivity contribution in [1.29, 1.82) is 0 Å². The van der Waals surface area contributed by atoms with Crippen LogP contribution in [-0.4, -0.2) is 44.0 Å². The lowest BCUT2D eigenvalue weighted by Crippen LogP contribution is -2.44. The van der Waals surface area contributed by atoms with Gasteiger partial charge in [0.15, 0.2) is 0 Å². The number of nitrogens with two attached hydrogens (primary N) is 1. The van der Waals surface area contributed by atoms with Crippen LogP contribution in [0.5, 0.6) is 0 Å². The standard InChI is InChI=1S/C12H18F3N5OS/c1-2-8-5-3-4-6-19(8)9(21)7-22-11-18-17-10(20(11)16)12(13,14)15/h8H,2-7,16H2,1H3/t8-/m0/s1. The normalized spacial score (nSPS) is 19.5. The average molecular weight is 337 g/mol. The largest absolute Gasteiger partial charge is 0.453 e. The first kappa shape index (κ1) is 16.9. The maximum absolute atomic E-state index is 12.6. The van der Waals surface area contributed by atoms with E-state index in [1.165, 1.54) is 0 Å². The Bertz CT molecular complexity index is 533. The van der Waals surface area contributed by atoms with Gasteiger partial charge in [-0.25, -0.2) is 4.68 Å². The third kappa shape index (κ3) is 3.65. The van der Waals surface area contributed by atoms with Crippen molar-refractivity contribution >= 4 is 17.7 Å². The summed E-state index contributed by atoms with van der Waals surface area (Å²) in [6, 6.07) is 0.211. The zero-order valence-corrected chi connectivity index (χ0v) is 13.0. The molecule has 0 bridgehead atoms. The van der Waals surface area contributed by atoms with Gasteiger partial charge in [-0.05, 0) is 25.7 Å². The number of hydrogen-bond acceptors (Lipinski definition) is 5. The molecule has 1 aliphatic heterocycles. The third-order valence-corrected chi connectivity index (χ3v) is 4.59. The topological polar surface area (TPSA) is 77.0 Å². The highest BCUT2D eigenvalue weighted by Crippen LogP contribution is 2.29. The number of alkyl halides is 3. The minimum Gasteiger partial charge on any atom is -0.339 e. The van der Waals surface area contributed by atoms with E-state index >= 15 is 0 Å². The number of nitrogens with zero attached hydrogens (tertiary/aromatic N) is 4. The molecule has 124 valence electrons. The summed E-state index contributed by atoms with van der Waals surface area (Å²) in [7, 11) is 0. The lowest BCUT2D eigenvalue weighted by atomic mass is 10.0. The predicted molar refractivity (Wildman–Crippen MR) is 75.5 cm³/mol. The number of amides is 1. The highest BCUT2D eigenvalue weighted by atomic mass is 32.2. The van der Waals surface area contributed by atoms with Crippen molar-refractivity contribution in [2.45, 2.75) is 50.0 Å². The number of rotatable bonds is 4. The number of likely N-dealkylation sites (tertiary alicyclic amines) is 1. The molecule has 1 aromatic heterocycles. The number of nitrogen functional groups attached to an aromatic ring is 1. The van der Waals surface area contributed by atoms with Gasteiger partial charge >= 0.3 is 6.18 Å². The Morgan fingerprint density at radius 3 is 2.73 bits per heavy atom. The van der Waals surface area contributed by atoms with E-state index in [4.69, 9.17) is 5.84 Å². The monoisotopic (exact) mass is 337 g/mol. The van der Waals surface area contributed by atoms with Gasteiger partial charge in [-0.15, -0.1) is 10.2 Å². The number of thioether (sulfide) groups is 1. The van der Waals surface area contributed by atoms with Gasteiger partial charge in [-0.3, -0.25) is 4.79 Å². The van der Waals surface area contributed by atoms with Crippen LogP contribution in [0.2, 0.25) is 0 Å². The van der Waals surface area contributed by atoms with E-state index in [2.05, 4.69) is 10.2 Å². The zero-order chi connectivity index (χ0) is 16.3. The van der Waals surface area contributed by atoms with Crippen molar-refractivity contribution in [1.82, 2.24) is 19.8 Å². The molecule has 6 nitrogen and oxygen atoms in total. The summed E-state index contributed by atoms with van der Waals surface area (Å²) in [4.78, 5) is 14.0. The Labute approximate surface area is 130 Å². The van der Waals surface area contributed by atoms with E-state index in [0.717, 1.165) is 37.4 Å². The second-order valence-electron chi connectivity index (χ2n) is 5.11.